The van der Waals surface area contributed by atoms with Crippen LogP contribution >= 0.6 is 0 Å². The average Bonchev–Trinajstić information content (AvgIpc) is 3.79. The fourth-order valence-corrected chi connectivity index (χ4v) is 6.20. The number of anilines is 1. The third-order valence-corrected chi connectivity index (χ3v) is 8.55. The molecule has 0 spiro atoms. The number of para-hydroxylation sites is 2. The molecule has 0 bridgehead atoms. The third-order valence-electron chi connectivity index (χ3n) is 8.55. The summed E-state index contributed by atoms with van der Waals surface area (Å²) in [6.07, 6.45) is 7.70. The van der Waals surface area contributed by atoms with Crippen LogP contribution in [0.5, 0.6) is 0 Å². The van der Waals surface area contributed by atoms with Crippen molar-refractivity contribution in [3.05, 3.63) is 72.2 Å². The number of amides is 2. The summed E-state index contributed by atoms with van der Waals surface area (Å²) in [7, 11) is 0. The minimum atomic E-state index is -0.262. The van der Waals surface area contributed by atoms with E-state index in [2.05, 4.69) is 15.2 Å². The minimum absolute atomic E-state index is 0.0202. The smallest absolute Gasteiger partial charge is 0.287 e. The Morgan fingerprint density at radius 3 is 2.51 bits per heavy atom. The van der Waals surface area contributed by atoms with Crippen LogP contribution in [0.3, 0.4) is 0 Å². The number of aromatic nitrogens is 2. The van der Waals surface area contributed by atoms with E-state index in [1.54, 1.807) is 6.07 Å². The van der Waals surface area contributed by atoms with E-state index in [1.807, 2.05) is 66.4 Å². The number of likely N-dealkylation sites (tertiary alicyclic amines) is 1. The van der Waals surface area contributed by atoms with Crippen LogP contribution in [-0.4, -0.2) is 52.9 Å². The summed E-state index contributed by atoms with van der Waals surface area (Å²) in [5.74, 6) is 1.67. The van der Waals surface area contributed by atoms with E-state index in [1.165, 1.54) is 19.3 Å². The van der Waals surface area contributed by atoms with Crippen molar-refractivity contribution >= 4 is 28.5 Å². The number of aromatic amines is 1. The van der Waals surface area contributed by atoms with Crippen molar-refractivity contribution < 1.29 is 14.0 Å². The van der Waals surface area contributed by atoms with Gasteiger partial charge in [-0.3, -0.25) is 9.59 Å². The van der Waals surface area contributed by atoms with Gasteiger partial charge in [0, 0.05) is 30.3 Å². The number of hydrogen-bond donors (Lipinski definition) is 2. The Labute approximate surface area is 241 Å². The molecule has 1 atom stereocenters. The maximum atomic E-state index is 14.0. The second kappa shape index (κ2) is 12.3. The second-order valence-electron chi connectivity index (χ2n) is 11.4. The number of nitrogens with one attached hydrogen (secondary N) is 2. The monoisotopic (exact) mass is 553 g/mol. The van der Waals surface area contributed by atoms with Crippen LogP contribution in [0.15, 0.2) is 65.1 Å². The fraction of sp³-hybridized carbons (Fsp3) is 0.424. The third kappa shape index (κ3) is 6.07. The van der Waals surface area contributed by atoms with Gasteiger partial charge in [-0.2, -0.15) is 0 Å². The van der Waals surface area contributed by atoms with Crippen molar-refractivity contribution in [2.24, 2.45) is 5.92 Å². The molecule has 1 aliphatic carbocycles. The van der Waals surface area contributed by atoms with Crippen LogP contribution in [0.1, 0.15) is 74.3 Å². The Hall–Kier alpha value is -3.91. The number of nitrogens with zero attached hydrogens (tertiary/aromatic N) is 3. The Bertz CT molecular complexity index is 1450. The normalized spacial score (nSPS) is 17.1. The predicted molar refractivity (Wildman–Crippen MR) is 161 cm³/mol. The summed E-state index contributed by atoms with van der Waals surface area (Å²) >= 11 is 0. The lowest BCUT2D eigenvalue weighted by Crippen LogP contribution is -2.39. The Balaban J connectivity index is 1.19. The number of imidazole rings is 1. The van der Waals surface area contributed by atoms with Crippen LogP contribution in [-0.2, 0) is 4.79 Å². The molecule has 1 saturated carbocycles. The number of hydrogen-bond acceptors (Lipinski definition) is 5. The summed E-state index contributed by atoms with van der Waals surface area (Å²) in [4.78, 5) is 39.1. The molecule has 1 unspecified atom stereocenters. The van der Waals surface area contributed by atoms with Gasteiger partial charge < -0.3 is 24.5 Å². The molecule has 2 aliphatic rings. The summed E-state index contributed by atoms with van der Waals surface area (Å²) < 4.78 is 5.93. The van der Waals surface area contributed by atoms with E-state index >= 15 is 0 Å². The van der Waals surface area contributed by atoms with Crippen molar-refractivity contribution in [1.29, 1.82) is 0 Å². The molecule has 4 aromatic rings. The number of benzene rings is 2. The molecule has 1 saturated heterocycles. The van der Waals surface area contributed by atoms with E-state index in [0.29, 0.717) is 18.1 Å². The molecule has 6 rings (SSSR count). The summed E-state index contributed by atoms with van der Waals surface area (Å²) in [5, 5.41) is 2.97. The number of carbonyl (C=O) groups excluding carboxylic acids is 2. The quantitative estimate of drug-likeness (QED) is 0.253. The second-order valence-corrected chi connectivity index (χ2v) is 11.4. The number of rotatable bonds is 9. The van der Waals surface area contributed by atoms with E-state index in [9.17, 15) is 9.59 Å². The first-order valence-electron chi connectivity index (χ1n) is 15.1. The largest absolute Gasteiger partial charge is 0.451 e. The first kappa shape index (κ1) is 27.3. The average molecular weight is 554 g/mol. The molecule has 8 nitrogen and oxygen atoms in total. The van der Waals surface area contributed by atoms with Crippen molar-refractivity contribution in [3.63, 3.8) is 0 Å². The highest BCUT2D eigenvalue weighted by molar-refractivity contribution is 5.96. The van der Waals surface area contributed by atoms with E-state index in [4.69, 9.17) is 9.40 Å². The molecule has 2 N–H and O–H groups in total. The first-order chi connectivity index (χ1) is 20.1. The van der Waals surface area contributed by atoms with Gasteiger partial charge in [-0.05, 0) is 94.2 Å². The molecule has 1 aliphatic heterocycles. The van der Waals surface area contributed by atoms with Crippen LogP contribution in [0.25, 0.3) is 22.4 Å². The van der Waals surface area contributed by atoms with Crippen molar-refractivity contribution in [1.82, 2.24) is 20.2 Å². The zero-order chi connectivity index (χ0) is 28.2. The van der Waals surface area contributed by atoms with Gasteiger partial charge in [-0.15, -0.1) is 0 Å². The molecule has 41 heavy (non-hydrogen) atoms. The van der Waals surface area contributed by atoms with Crippen LogP contribution in [0, 0.1) is 5.92 Å². The molecule has 2 amide bonds. The molecule has 8 heteroatoms. The predicted octanol–water partition coefficient (Wildman–Crippen LogP) is 6.32. The van der Waals surface area contributed by atoms with Gasteiger partial charge in [-0.1, -0.05) is 31.4 Å². The lowest BCUT2D eigenvalue weighted by Gasteiger charge is -2.33. The van der Waals surface area contributed by atoms with Crippen molar-refractivity contribution in [3.8, 4) is 11.3 Å². The Kier molecular flexibility index (Phi) is 8.19. The molecule has 3 heterocycles. The standard InChI is InChI=1S/C33H39N5O3/c1-23(31-35-27-11-5-6-12-28(27)36-31)38(33(40)25-9-3-2-4-10-25)26-15-13-24(14-16-26)29-17-18-30(41-29)32(39)34-19-22-37-20-7-8-21-37/h5-6,11-18,23,25H,2-4,7-10,19-22H2,1H3,(H,34,39)(H,35,36). The number of furan rings is 1. The number of carbonyl (C=O) groups is 2. The zero-order valence-electron chi connectivity index (χ0n) is 23.8. The summed E-state index contributed by atoms with van der Waals surface area (Å²) in [5.41, 5.74) is 3.53. The SMILES string of the molecule is CC(c1nc2ccccc2[nH]1)N(C(=O)C1CCCCC1)c1ccc(-c2ccc(C(=O)NCCN3CCCC3)o2)cc1. The van der Waals surface area contributed by atoms with Crippen LogP contribution in [0.4, 0.5) is 5.69 Å². The molecular weight excluding hydrogens is 514 g/mol. The van der Waals surface area contributed by atoms with Crippen molar-refractivity contribution in [2.45, 2.75) is 57.9 Å². The number of H-pyrrole nitrogens is 1. The van der Waals surface area contributed by atoms with Crippen molar-refractivity contribution in [2.75, 3.05) is 31.1 Å². The van der Waals surface area contributed by atoms with E-state index in [0.717, 1.165) is 73.4 Å². The minimum Gasteiger partial charge on any atom is -0.451 e. The molecule has 2 fully saturated rings. The first-order valence-corrected chi connectivity index (χ1v) is 15.1. The zero-order valence-corrected chi connectivity index (χ0v) is 23.8. The van der Waals surface area contributed by atoms with E-state index in [-0.39, 0.29) is 23.8 Å². The van der Waals surface area contributed by atoms with Gasteiger partial charge in [0.1, 0.15) is 11.6 Å². The molecule has 0 radical (unpaired) electrons. The van der Waals surface area contributed by atoms with Gasteiger partial charge in [0.15, 0.2) is 5.76 Å². The Morgan fingerprint density at radius 1 is 1.00 bits per heavy atom. The highest BCUT2D eigenvalue weighted by Crippen LogP contribution is 2.34. The molecule has 2 aromatic carbocycles. The van der Waals surface area contributed by atoms with E-state index < -0.39 is 0 Å². The van der Waals surface area contributed by atoms with Crippen LogP contribution in [0.2, 0.25) is 0 Å². The maximum Gasteiger partial charge on any atom is 0.287 e. The highest BCUT2D eigenvalue weighted by atomic mass is 16.3. The van der Waals surface area contributed by atoms with Crippen LogP contribution < -0.4 is 10.2 Å². The van der Waals surface area contributed by atoms with Gasteiger partial charge in [0.25, 0.3) is 5.91 Å². The van der Waals surface area contributed by atoms with Gasteiger partial charge in [0.05, 0.1) is 17.1 Å². The lowest BCUT2D eigenvalue weighted by atomic mass is 9.87. The summed E-state index contributed by atoms with van der Waals surface area (Å²) in [6, 6.07) is 19.1. The summed E-state index contributed by atoms with van der Waals surface area (Å²) in [6.45, 7) is 5.73. The van der Waals surface area contributed by atoms with Gasteiger partial charge in [0.2, 0.25) is 5.91 Å². The van der Waals surface area contributed by atoms with Gasteiger partial charge >= 0.3 is 0 Å². The topological polar surface area (TPSA) is 94.5 Å². The molecule has 214 valence electrons. The lowest BCUT2D eigenvalue weighted by molar-refractivity contribution is -0.123. The Morgan fingerprint density at radius 2 is 1.76 bits per heavy atom. The molecular formula is C33H39N5O3. The van der Waals surface area contributed by atoms with Gasteiger partial charge in [-0.25, -0.2) is 4.98 Å². The number of fused-ring (bicyclic) bond motifs is 1. The fourth-order valence-electron chi connectivity index (χ4n) is 6.20. The maximum absolute atomic E-state index is 14.0. The highest BCUT2D eigenvalue weighted by Gasteiger charge is 2.32. The molecule has 2 aromatic heterocycles.